The van der Waals surface area contributed by atoms with Crippen LogP contribution in [0.3, 0.4) is 0 Å². The number of fused-ring (bicyclic) bond motifs is 2. The van der Waals surface area contributed by atoms with Gasteiger partial charge >= 0.3 is 5.97 Å². The summed E-state index contributed by atoms with van der Waals surface area (Å²) >= 11 is 0. The molecule has 6 nitrogen and oxygen atoms in total. The van der Waals surface area contributed by atoms with Crippen LogP contribution in [0.5, 0.6) is 0 Å². The first-order valence-electron chi connectivity index (χ1n) is 10.9. The van der Waals surface area contributed by atoms with Crippen LogP contribution in [0.4, 0.5) is 0 Å². The third-order valence-corrected chi connectivity index (χ3v) is 6.29. The molecular weight excluding hydrogens is 392 g/mol. The Morgan fingerprint density at radius 2 is 1.71 bits per heavy atom. The van der Waals surface area contributed by atoms with E-state index in [0.29, 0.717) is 25.8 Å². The lowest BCUT2D eigenvalue weighted by molar-refractivity contribution is -0.171. The quantitative estimate of drug-likeness (QED) is 0.674. The van der Waals surface area contributed by atoms with Crippen molar-refractivity contribution in [2.75, 3.05) is 6.61 Å². The van der Waals surface area contributed by atoms with Crippen molar-refractivity contribution < 1.29 is 19.1 Å². The number of carbonyl (C=O) groups excluding carboxylic acids is 3. The van der Waals surface area contributed by atoms with Crippen molar-refractivity contribution in [2.24, 2.45) is 0 Å². The second kappa shape index (κ2) is 8.92. The highest BCUT2D eigenvalue weighted by Crippen LogP contribution is 2.31. The Labute approximate surface area is 182 Å². The van der Waals surface area contributed by atoms with E-state index in [1.807, 2.05) is 54.6 Å². The third-order valence-electron chi connectivity index (χ3n) is 6.29. The number of hydrogen-bond donors (Lipinski definition) is 0. The Bertz CT molecular complexity index is 974. The molecule has 1 fully saturated rings. The summed E-state index contributed by atoms with van der Waals surface area (Å²) in [6.45, 7) is 4.12. The van der Waals surface area contributed by atoms with Gasteiger partial charge in [-0.2, -0.15) is 0 Å². The van der Waals surface area contributed by atoms with Gasteiger partial charge in [0, 0.05) is 13.0 Å². The van der Waals surface area contributed by atoms with Crippen LogP contribution < -0.4 is 0 Å². The zero-order valence-electron chi connectivity index (χ0n) is 18.0. The van der Waals surface area contributed by atoms with Gasteiger partial charge < -0.3 is 14.5 Å². The van der Waals surface area contributed by atoms with Crippen LogP contribution in [0.25, 0.3) is 0 Å². The molecule has 2 aliphatic heterocycles. The summed E-state index contributed by atoms with van der Waals surface area (Å²) in [4.78, 5) is 42.9. The maximum absolute atomic E-state index is 13.6. The topological polar surface area (TPSA) is 66.9 Å². The number of esters is 1. The van der Waals surface area contributed by atoms with Gasteiger partial charge in [-0.15, -0.1) is 0 Å². The lowest BCUT2D eigenvalue weighted by Crippen LogP contribution is -2.68. The Hall–Kier alpha value is -3.15. The van der Waals surface area contributed by atoms with Gasteiger partial charge in [-0.3, -0.25) is 9.59 Å². The summed E-state index contributed by atoms with van der Waals surface area (Å²) in [5.41, 5.74) is 3.23. The van der Waals surface area contributed by atoms with Gasteiger partial charge in [-0.05, 0) is 43.4 Å². The highest BCUT2D eigenvalue weighted by atomic mass is 16.5. The summed E-state index contributed by atoms with van der Waals surface area (Å²) in [5.74, 6) is -0.739. The normalized spacial score (nSPS) is 21.4. The van der Waals surface area contributed by atoms with Crippen molar-refractivity contribution in [3.05, 3.63) is 71.3 Å². The minimum Gasteiger partial charge on any atom is -0.464 e. The number of rotatable bonds is 6. The standard InChI is InChI=1S/C25H28N2O4/c1-3-31-25(30)21(14-13-18-9-5-4-6-10-18)27-17(2)23(28)26-16-20-12-8-7-11-19(20)15-22(26)24(27)29/h4-12,17,21-22H,3,13-16H2,1-2H3/t17-,21+,22+/m0/s1. The zero-order chi connectivity index (χ0) is 22.0. The van der Waals surface area contributed by atoms with Gasteiger partial charge in [0.05, 0.1) is 6.61 Å². The van der Waals surface area contributed by atoms with E-state index in [0.717, 1.165) is 16.7 Å². The molecule has 4 rings (SSSR count). The van der Waals surface area contributed by atoms with Crippen LogP contribution >= 0.6 is 0 Å². The molecule has 2 amide bonds. The van der Waals surface area contributed by atoms with E-state index in [-0.39, 0.29) is 18.4 Å². The fourth-order valence-corrected chi connectivity index (χ4v) is 4.68. The summed E-state index contributed by atoms with van der Waals surface area (Å²) in [7, 11) is 0. The third kappa shape index (κ3) is 4.07. The van der Waals surface area contributed by atoms with Crippen LogP contribution in [-0.4, -0.2) is 52.3 Å². The van der Waals surface area contributed by atoms with Crippen LogP contribution in [0.1, 0.15) is 37.0 Å². The highest BCUT2D eigenvalue weighted by molar-refractivity contribution is 5.99. The molecule has 2 aromatic rings. The Morgan fingerprint density at radius 1 is 1.03 bits per heavy atom. The largest absolute Gasteiger partial charge is 0.464 e. The lowest BCUT2D eigenvalue weighted by atomic mass is 9.89. The minimum absolute atomic E-state index is 0.117. The monoisotopic (exact) mass is 420 g/mol. The number of ether oxygens (including phenoxy) is 1. The molecule has 0 aromatic heterocycles. The molecule has 2 aliphatic rings. The van der Waals surface area contributed by atoms with E-state index < -0.39 is 24.1 Å². The van der Waals surface area contributed by atoms with Crippen LogP contribution in [0.2, 0.25) is 0 Å². The van der Waals surface area contributed by atoms with Crippen molar-refractivity contribution in [3.8, 4) is 0 Å². The number of carbonyl (C=O) groups is 3. The number of nitrogens with zero attached hydrogens (tertiary/aromatic N) is 2. The summed E-state index contributed by atoms with van der Waals surface area (Å²) < 4.78 is 5.31. The fourth-order valence-electron chi connectivity index (χ4n) is 4.68. The molecule has 0 spiro atoms. The van der Waals surface area contributed by atoms with Gasteiger partial charge in [0.1, 0.15) is 18.1 Å². The van der Waals surface area contributed by atoms with E-state index >= 15 is 0 Å². The molecule has 2 heterocycles. The smallest absolute Gasteiger partial charge is 0.328 e. The molecule has 6 heteroatoms. The lowest BCUT2D eigenvalue weighted by Gasteiger charge is -2.48. The van der Waals surface area contributed by atoms with E-state index in [9.17, 15) is 14.4 Å². The van der Waals surface area contributed by atoms with Crippen molar-refractivity contribution in [2.45, 2.75) is 57.8 Å². The molecule has 162 valence electrons. The minimum atomic E-state index is -0.786. The first kappa shape index (κ1) is 21.1. The van der Waals surface area contributed by atoms with E-state index in [2.05, 4.69) is 0 Å². The molecule has 2 aromatic carbocycles. The number of aryl methyl sites for hydroxylation is 1. The Morgan fingerprint density at radius 3 is 2.42 bits per heavy atom. The van der Waals surface area contributed by atoms with E-state index in [1.54, 1.807) is 18.7 Å². The zero-order valence-corrected chi connectivity index (χ0v) is 18.0. The first-order chi connectivity index (χ1) is 15.0. The average Bonchev–Trinajstić information content (AvgIpc) is 2.79. The van der Waals surface area contributed by atoms with Crippen LogP contribution in [-0.2, 0) is 38.5 Å². The number of amides is 2. The molecular formula is C25H28N2O4. The molecule has 3 atom stereocenters. The Kier molecular flexibility index (Phi) is 6.07. The number of hydrogen-bond acceptors (Lipinski definition) is 4. The average molecular weight is 421 g/mol. The van der Waals surface area contributed by atoms with E-state index in [1.165, 1.54) is 4.90 Å². The second-order valence-electron chi connectivity index (χ2n) is 8.17. The summed E-state index contributed by atoms with van der Waals surface area (Å²) in [6, 6.07) is 15.7. The van der Waals surface area contributed by atoms with Crippen molar-refractivity contribution >= 4 is 17.8 Å². The van der Waals surface area contributed by atoms with E-state index in [4.69, 9.17) is 4.74 Å². The van der Waals surface area contributed by atoms with Crippen LogP contribution in [0.15, 0.2) is 54.6 Å². The number of benzene rings is 2. The number of piperazine rings is 1. The maximum Gasteiger partial charge on any atom is 0.328 e. The molecule has 31 heavy (non-hydrogen) atoms. The van der Waals surface area contributed by atoms with Gasteiger partial charge in [0.25, 0.3) is 0 Å². The van der Waals surface area contributed by atoms with Gasteiger partial charge in [0.2, 0.25) is 11.8 Å². The molecule has 1 saturated heterocycles. The predicted molar refractivity (Wildman–Crippen MR) is 116 cm³/mol. The first-order valence-corrected chi connectivity index (χ1v) is 10.9. The molecule has 0 radical (unpaired) electrons. The highest BCUT2D eigenvalue weighted by Gasteiger charge is 2.49. The molecule has 0 bridgehead atoms. The van der Waals surface area contributed by atoms with Crippen molar-refractivity contribution in [3.63, 3.8) is 0 Å². The van der Waals surface area contributed by atoms with Gasteiger partial charge in [0.15, 0.2) is 0 Å². The van der Waals surface area contributed by atoms with Gasteiger partial charge in [-0.25, -0.2) is 4.79 Å². The Balaban J connectivity index is 1.62. The second-order valence-corrected chi connectivity index (χ2v) is 8.17. The van der Waals surface area contributed by atoms with Crippen molar-refractivity contribution in [1.82, 2.24) is 9.80 Å². The summed E-state index contributed by atoms with van der Waals surface area (Å²) in [5, 5.41) is 0. The molecule has 0 unspecified atom stereocenters. The predicted octanol–water partition coefficient (Wildman–Crippen LogP) is 2.74. The molecule has 0 saturated carbocycles. The SMILES string of the molecule is CCOC(=O)[C@@H](CCc1ccccc1)N1C(=O)[C@H]2Cc3ccccc3CN2C(=O)[C@@H]1C. The van der Waals surface area contributed by atoms with Crippen molar-refractivity contribution in [1.29, 1.82) is 0 Å². The fraction of sp³-hybridized carbons (Fsp3) is 0.400. The van der Waals surface area contributed by atoms with Crippen LogP contribution in [0, 0.1) is 0 Å². The van der Waals surface area contributed by atoms with Gasteiger partial charge in [-0.1, -0.05) is 54.6 Å². The molecule has 0 aliphatic carbocycles. The summed E-state index contributed by atoms with van der Waals surface area (Å²) in [6.07, 6.45) is 1.50. The maximum atomic E-state index is 13.6. The molecule has 0 N–H and O–H groups in total.